The fourth-order valence-corrected chi connectivity index (χ4v) is 5.66. The molecule has 0 aliphatic rings. The van der Waals surface area contributed by atoms with Crippen molar-refractivity contribution < 1.29 is 37.4 Å². The lowest BCUT2D eigenvalue weighted by molar-refractivity contribution is 0.112. The minimum atomic E-state index is -0.428. The number of nitrogens with zero attached hydrogens (tertiary/aromatic N) is 3. The van der Waals surface area contributed by atoms with Crippen LogP contribution in [0.2, 0.25) is 0 Å². The van der Waals surface area contributed by atoms with Gasteiger partial charge in [0.15, 0.2) is 11.4 Å². The Morgan fingerprint density at radius 3 is 1.70 bits per heavy atom. The second-order valence-corrected chi connectivity index (χ2v) is 13.2. The third-order valence-corrected chi connectivity index (χ3v) is 8.84. The monoisotopic (exact) mass is 813 g/mol. The summed E-state index contributed by atoms with van der Waals surface area (Å²) in [4.78, 5) is 33.9. The van der Waals surface area contributed by atoms with Gasteiger partial charge in [0, 0.05) is 29.8 Å². The largest absolute Gasteiger partial charge is 0.497 e. The van der Waals surface area contributed by atoms with Crippen molar-refractivity contribution in [3.8, 4) is 69.6 Å². The normalized spacial score (nSPS) is 10.1. The number of aryl methyl sites for hydroxylation is 2. The molecule has 0 bridgehead atoms. The van der Waals surface area contributed by atoms with Crippen LogP contribution in [-0.4, -0.2) is 54.1 Å². The van der Waals surface area contributed by atoms with E-state index in [-0.39, 0.29) is 13.2 Å². The molecule has 1 amide bonds. The van der Waals surface area contributed by atoms with Gasteiger partial charge in [0.2, 0.25) is 11.8 Å². The van der Waals surface area contributed by atoms with Gasteiger partial charge in [0.25, 0.3) is 0 Å². The Morgan fingerprint density at radius 1 is 0.656 bits per heavy atom. The average Bonchev–Trinajstić information content (AvgIpc) is 3.87. The third-order valence-electron chi connectivity index (χ3n) is 8.84. The first-order valence-electron chi connectivity index (χ1n) is 19.4. The van der Waals surface area contributed by atoms with E-state index in [2.05, 4.69) is 33.6 Å². The lowest BCUT2D eigenvalue weighted by Gasteiger charge is -2.20. The van der Waals surface area contributed by atoms with Gasteiger partial charge >= 0.3 is 6.09 Å². The van der Waals surface area contributed by atoms with Crippen molar-refractivity contribution in [3.05, 3.63) is 167 Å². The van der Waals surface area contributed by atoms with Crippen molar-refractivity contribution in [1.82, 2.24) is 14.9 Å². The number of rotatable bonds is 12. The number of oxazole rings is 2. The van der Waals surface area contributed by atoms with Crippen LogP contribution in [0.15, 0.2) is 142 Å². The van der Waals surface area contributed by atoms with Crippen LogP contribution in [0.25, 0.3) is 22.9 Å². The second-order valence-electron chi connectivity index (χ2n) is 13.2. The first-order valence-corrected chi connectivity index (χ1v) is 19.4. The summed E-state index contributed by atoms with van der Waals surface area (Å²) in [6, 6.07) is 40.8. The zero-order chi connectivity index (χ0) is 42.8. The number of carbonyl (C=O) groups excluding carboxylic acids is 2. The smallest absolute Gasteiger partial charge is 0.415 e. The number of aldehydes is 1. The standard InChI is InChI=1S/C30H28N2O5.C20H15NO3/c1-4-32(30(33)37-26-17-15-25(34-3)16-18-26)21-23-10-8-13-27(20-23)35-19-9-14-28-22(2)36-29(31-28)24-11-6-5-7-12-24;1-15-19(21-20(24-15)17-8-3-2-4-9-17)11-6-12-23-18-10-5-7-16(13-18)14-22/h5-8,10-13,15-18,20H,4,19,21H2,1-3H3;2-5,7-10,13-14H,12H2,1H3. The third kappa shape index (κ3) is 12.5. The van der Waals surface area contributed by atoms with Gasteiger partial charge in [-0.15, -0.1) is 0 Å². The van der Waals surface area contributed by atoms with E-state index < -0.39 is 6.09 Å². The van der Waals surface area contributed by atoms with E-state index >= 15 is 0 Å². The van der Waals surface area contributed by atoms with Gasteiger partial charge in [-0.25, -0.2) is 14.8 Å². The van der Waals surface area contributed by atoms with Crippen LogP contribution >= 0.6 is 0 Å². The number of carbonyl (C=O) groups is 2. The van der Waals surface area contributed by atoms with Crippen LogP contribution in [-0.2, 0) is 6.54 Å². The molecule has 7 aromatic rings. The number of ether oxygens (including phenoxy) is 4. The fourth-order valence-electron chi connectivity index (χ4n) is 5.66. The van der Waals surface area contributed by atoms with Crippen LogP contribution in [0.4, 0.5) is 4.79 Å². The van der Waals surface area contributed by atoms with E-state index in [9.17, 15) is 9.59 Å². The topological polar surface area (TPSA) is 126 Å². The summed E-state index contributed by atoms with van der Waals surface area (Å²) in [5, 5.41) is 0. The van der Waals surface area contributed by atoms with E-state index in [1.165, 1.54) is 0 Å². The summed E-state index contributed by atoms with van der Waals surface area (Å²) >= 11 is 0. The van der Waals surface area contributed by atoms with Crippen molar-refractivity contribution in [2.24, 2.45) is 0 Å². The average molecular weight is 814 g/mol. The molecule has 0 saturated heterocycles. The minimum Gasteiger partial charge on any atom is -0.497 e. The summed E-state index contributed by atoms with van der Waals surface area (Å²) in [5.41, 5.74) is 4.49. The predicted octanol–water partition coefficient (Wildman–Crippen LogP) is 10.0. The van der Waals surface area contributed by atoms with Crippen molar-refractivity contribution >= 4 is 12.4 Å². The minimum absolute atomic E-state index is 0.188. The Balaban J connectivity index is 0.000000223. The van der Waals surface area contributed by atoms with Crippen molar-refractivity contribution in [2.45, 2.75) is 27.3 Å². The molecule has 0 aliphatic carbocycles. The van der Waals surface area contributed by atoms with E-state index in [1.807, 2.05) is 106 Å². The molecule has 61 heavy (non-hydrogen) atoms. The zero-order valence-corrected chi connectivity index (χ0v) is 34.2. The SMILES string of the molecule is CCN(Cc1cccc(OCC#Cc2nc(-c3ccccc3)oc2C)c1)C(=O)Oc1ccc(OC)cc1.Cc1oc(-c2ccccc2)nc1C#CCOc1cccc(C=O)c1. The molecule has 0 aliphatic heterocycles. The Labute approximate surface area is 354 Å². The second kappa shape index (κ2) is 21.7. The Bertz CT molecular complexity index is 2650. The van der Waals surface area contributed by atoms with Crippen molar-refractivity contribution in [2.75, 3.05) is 26.9 Å². The predicted molar refractivity (Wildman–Crippen MR) is 231 cm³/mol. The molecule has 0 spiro atoms. The molecule has 0 radical (unpaired) electrons. The maximum atomic E-state index is 12.7. The van der Waals surface area contributed by atoms with Gasteiger partial charge in [0.05, 0.1) is 7.11 Å². The molecule has 0 unspecified atom stereocenters. The number of amides is 1. The number of aromatic nitrogens is 2. The van der Waals surface area contributed by atoms with E-state index in [0.717, 1.165) is 23.0 Å². The van der Waals surface area contributed by atoms with Gasteiger partial charge in [-0.3, -0.25) is 4.79 Å². The number of benzene rings is 5. The molecule has 2 aromatic heterocycles. The van der Waals surface area contributed by atoms with Gasteiger partial charge in [-0.2, -0.15) is 0 Å². The maximum absolute atomic E-state index is 12.7. The maximum Gasteiger partial charge on any atom is 0.415 e. The first kappa shape index (κ1) is 42.6. The van der Waals surface area contributed by atoms with Gasteiger partial charge < -0.3 is 32.7 Å². The van der Waals surface area contributed by atoms with Crippen LogP contribution in [0.5, 0.6) is 23.0 Å². The van der Waals surface area contributed by atoms with Gasteiger partial charge in [-0.1, -0.05) is 72.5 Å². The highest BCUT2D eigenvalue weighted by Crippen LogP contribution is 2.23. The molecule has 0 fully saturated rings. The summed E-state index contributed by atoms with van der Waals surface area (Å²) < 4.78 is 33.4. The highest BCUT2D eigenvalue weighted by Gasteiger charge is 2.16. The van der Waals surface area contributed by atoms with Gasteiger partial charge in [0.1, 0.15) is 54.0 Å². The highest BCUT2D eigenvalue weighted by atomic mass is 16.6. The molecule has 0 atom stereocenters. The Hall–Kier alpha value is -8.02. The number of methoxy groups -OCH3 is 1. The number of hydrogen-bond donors (Lipinski definition) is 0. The number of hydrogen-bond acceptors (Lipinski definition) is 10. The van der Waals surface area contributed by atoms with Crippen LogP contribution in [0.1, 0.15) is 45.8 Å². The molecule has 0 N–H and O–H groups in total. The lowest BCUT2D eigenvalue weighted by atomic mass is 10.2. The first-order chi connectivity index (χ1) is 29.8. The van der Waals surface area contributed by atoms with Crippen LogP contribution < -0.4 is 18.9 Å². The summed E-state index contributed by atoms with van der Waals surface area (Å²) in [7, 11) is 1.59. The molecule has 11 nitrogen and oxygen atoms in total. The quantitative estimate of drug-likeness (QED) is 0.0869. The molecule has 2 heterocycles. The summed E-state index contributed by atoms with van der Waals surface area (Å²) in [6.07, 6.45) is 0.352. The molecule has 0 saturated carbocycles. The summed E-state index contributed by atoms with van der Waals surface area (Å²) in [6.45, 7) is 6.84. The molecular weight excluding hydrogens is 771 g/mol. The molecule has 11 heteroatoms. The zero-order valence-electron chi connectivity index (χ0n) is 34.2. The fraction of sp³-hybridized carbons (Fsp3) is 0.160. The molecule has 7 rings (SSSR count). The van der Waals surface area contributed by atoms with Crippen molar-refractivity contribution in [1.29, 1.82) is 0 Å². The van der Waals surface area contributed by atoms with E-state index in [0.29, 0.717) is 76.3 Å². The Morgan fingerprint density at radius 2 is 1.18 bits per heavy atom. The Kier molecular flexibility index (Phi) is 15.1. The van der Waals surface area contributed by atoms with E-state index in [1.54, 1.807) is 60.5 Å². The van der Waals surface area contributed by atoms with Crippen molar-refractivity contribution in [3.63, 3.8) is 0 Å². The van der Waals surface area contributed by atoms with E-state index in [4.69, 9.17) is 27.8 Å². The lowest BCUT2D eigenvalue weighted by Crippen LogP contribution is -2.32. The summed E-state index contributed by atoms with van der Waals surface area (Å²) in [5.74, 6) is 16.7. The molecular formula is C50H43N3O8. The van der Waals surface area contributed by atoms with Crippen LogP contribution in [0, 0.1) is 37.5 Å². The molecule has 306 valence electrons. The van der Waals surface area contributed by atoms with Gasteiger partial charge in [-0.05, 0) is 111 Å². The molecule has 5 aromatic carbocycles. The van der Waals surface area contributed by atoms with Crippen LogP contribution in [0.3, 0.4) is 0 Å². The highest BCUT2D eigenvalue weighted by molar-refractivity contribution is 5.75.